The van der Waals surface area contributed by atoms with Crippen molar-refractivity contribution in [1.82, 2.24) is 4.72 Å². The molecule has 0 aliphatic rings. The third-order valence-corrected chi connectivity index (χ3v) is 4.98. The Kier molecular flexibility index (Phi) is 5.20. The van der Waals surface area contributed by atoms with Crippen molar-refractivity contribution in [2.75, 3.05) is 19.5 Å². The van der Waals surface area contributed by atoms with Gasteiger partial charge in [0.15, 0.2) is 0 Å². The summed E-state index contributed by atoms with van der Waals surface area (Å²) in [6, 6.07) is 8.28. The van der Waals surface area contributed by atoms with Crippen LogP contribution in [0.3, 0.4) is 0 Å². The molecule has 2 N–H and O–H groups in total. The van der Waals surface area contributed by atoms with Crippen LogP contribution in [0.1, 0.15) is 15.9 Å². The highest BCUT2D eigenvalue weighted by Crippen LogP contribution is 2.22. The van der Waals surface area contributed by atoms with Crippen LogP contribution in [0.5, 0.6) is 5.75 Å². The topological polar surface area (TPSA) is 84.5 Å². The average Bonchev–Trinajstić information content (AvgIpc) is 2.56. The van der Waals surface area contributed by atoms with Crippen LogP contribution in [-0.2, 0) is 10.0 Å². The van der Waals surface area contributed by atoms with Crippen molar-refractivity contribution < 1.29 is 22.3 Å². The maximum Gasteiger partial charge on any atom is 0.258 e. The minimum atomic E-state index is -3.66. The van der Waals surface area contributed by atoms with Gasteiger partial charge in [-0.25, -0.2) is 17.5 Å². The number of hydrogen-bond donors (Lipinski definition) is 2. The Hall–Kier alpha value is -2.45. The van der Waals surface area contributed by atoms with Crippen molar-refractivity contribution in [1.29, 1.82) is 0 Å². The molecule has 0 heterocycles. The molecule has 8 heteroatoms. The van der Waals surface area contributed by atoms with Gasteiger partial charge in [-0.05, 0) is 43.8 Å². The van der Waals surface area contributed by atoms with Gasteiger partial charge in [-0.15, -0.1) is 0 Å². The Morgan fingerprint density at radius 2 is 1.88 bits per heavy atom. The van der Waals surface area contributed by atoms with Gasteiger partial charge in [0.2, 0.25) is 10.0 Å². The van der Waals surface area contributed by atoms with E-state index >= 15 is 0 Å². The van der Waals surface area contributed by atoms with E-state index in [9.17, 15) is 17.6 Å². The highest BCUT2D eigenvalue weighted by Gasteiger charge is 2.17. The second kappa shape index (κ2) is 6.98. The van der Waals surface area contributed by atoms with Crippen molar-refractivity contribution in [3.05, 3.63) is 53.3 Å². The lowest BCUT2D eigenvalue weighted by Crippen LogP contribution is -2.20. The number of halogens is 1. The molecule has 24 heavy (non-hydrogen) atoms. The Bertz CT molecular complexity index is 882. The third-order valence-electron chi connectivity index (χ3n) is 3.43. The fourth-order valence-corrected chi connectivity index (χ4v) is 3.08. The number of aryl methyl sites for hydroxylation is 1. The maximum atomic E-state index is 13.9. The molecule has 0 aliphatic heterocycles. The van der Waals surface area contributed by atoms with Crippen molar-refractivity contribution in [3.8, 4) is 5.75 Å². The zero-order valence-electron chi connectivity index (χ0n) is 13.4. The Morgan fingerprint density at radius 1 is 1.17 bits per heavy atom. The summed E-state index contributed by atoms with van der Waals surface area (Å²) in [6.45, 7) is 1.64. The molecule has 1 amide bonds. The van der Waals surface area contributed by atoms with Crippen molar-refractivity contribution in [2.45, 2.75) is 11.8 Å². The molecular formula is C16H17FN2O4S. The average molecular weight is 352 g/mol. The number of methoxy groups -OCH3 is 1. The van der Waals surface area contributed by atoms with Crippen LogP contribution in [0.15, 0.2) is 41.3 Å². The maximum absolute atomic E-state index is 13.9. The van der Waals surface area contributed by atoms with Gasteiger partial charge in [0, 0.05) is 11.8 Å². The molecule has 2 aromatic rings. The lowest BCUT2D eigenvalue weighted by Gasteiger charge is -2.11. The standard InChI is InChI=1S/C16H17FN2O4S/c1-10-4-5-11(8-15(10)24(21,22)18-2)19-16(20)13-7-6-12(23-3)9-14(13)17/h4-9,18H,1-3H3,(H,19,20). The van der Waals surface area contributed by atoms with E-state index in [1.54, 1.807) is 19.1 Å². The molecule has 0 saturated carbocycles. The summed E-state index contributed by atoms with van der Waals surface area (Å²) in [5.41, 5.74) is 0.599. The van der Waals surface area contributed by atoms with Crippen LogP contribution < -0.4 is 14.8 Å². The minimum Gasteiger partial charge on any atom is -0.497 e. The Morgan fingerprint density at radius 3 is 2.46 bits per heavy atom. The number of amides is 1. The van der Waals surface area contributed by atoms with Crippen molar-refractivity contribution in [2.24, 2.45) is 0 Å². The minimum absolute atomic E-state index is 0.0398. The molecule has 128 valence electrons. The molecule has 0 bridgehead atoms. The number of sulfonamides is 1. The molecule has 0 fully saturated rings. The number of hydrogen-bond acceptors (Lipinski definition) is 4. The molecule has 0 spiro atoms. The van der Waals surface area contributed by atoms with Crippen LogP contribution in [-0.4, -0.2) is 28.5 Å². The molecule has 0 aliphatic carbocycles. The van der Waals surface area contributed by atoms with E-state index in [1.807, 2.05) is 0 Å². The largest absolute Gasteiger partial charge is 0.497 e. The van der Waals surface area contributed by atoms with Gasteiger partial charge in [-0.3, -0.25) is 4.79 Å². The van der Waals surface area contributed by atoms with E-state index in [-0.39, 0.29) is 16.1 Å². The number of carbonyl (C=O) groups is 1. The summed E-state index contributed by atoms with van der Waals surface area (Å²) in [7, 11) is -0.969. The van der Waals surface area contributed by atoms with Gasteiger partial charge >= 0.3 is 0 Å². The monoisotopic (exact) mass is 352 g/mol. The number of carbonyl (C=O) groups excluding carboxylic acids is 1. The smallest absolute Gasteiger partial charge is 0.258 e. The molecule has 0 atom stereocenters. The van der Waals surface area contributed by atoms with Gasteiger partial charge in [0.05, 0.1) is 17.6 Å². The fraction of sp³-hybridized carbons (Fsp3) is 0.188. The summed E-state index contributed by atoms with van der Waals surface area (Å²) in [4.78, 5) is 12.2. The number of ether oxygens (including phenoxy) is 1. The van der Waals surface area contributed by atoms with Gasteiger partial charge in [0.25, 0.3) is 5.91 Å². The SMILES string of the molecule is CNS(=O)(=O)c1cc(NC(=O)c2ccc(OC)cc2F)ccc1C. The van der Waals surface area contributed by atoms with Crippen LogP contribution in [0.2, 0.25) is 0 Å². The molecule has 6 nitrogen and oxygen atoms in total. The van der Waals surface area contributed by atoms with Gasteiger partial charge in [0.1, 0.15) is 11.6 Å². The van der Waals surface area contributed by atoms with Crippen LogP contribution in [0.25, 0.3) is 0 Å². The number of rotatable bonds is 5. The molecule has 2 rings (SSSR count). The predicted molar refractivity (Wildman–Crippen MR) is 88.3 cm³/mol. The normalized spacial score (nSPS) is 11.2. The fourth-order valence-electron chi connectivity index (χ4n) is 2.08. The summed E-state index contributed by atoms with van der Waals surface area (Å²) in [5, 5.41) is 2.49. The molecular weight excluding hydrogens is 335 g/mol. The second-order valence-corrected chi connectivity index (χ2v) is 6.84. The van der Waals surface area contributed by atoms with E-state index in [1.165, 1.54) is 32.4 Å². The van der Waals surface area contributed by atoms with Crippen LogP contribution in [0, 0.1) is 12.7 Å². The number of anilines is 1. The van der Waals surface area contributed by atoms with Gasteiger partial charge in [-0.1, -0.05) is 6.07 Å². The van der Waals surface area contributed by atoms with Gasteiger partial charge in [-0.2, -0.15) is 0 Å². The number of nitrogens with one attached hydrogen (secondary N) is 2. The molecule has 0 unspecified atom stereocenters. The summed E-state index contributed by atoms with van der Waals surface area (Å²) >= 11 is 0. The lowest BCUT2D eigenvalue weighted by molar-refractivity contribution is 0.102. The quantitative estimate of drug-likeness (QED) is 0.865. The van der Waals surface area contributed by atoms with E-state index in [4.69, 9.17) is 4.74 Å². The van der Waals surface area contributed by atoms with Crippen molar-refractivity contribution >= 4 is 21.6 Å². The van der Waals surface area contributed by atoms with E-state index < -0.39 is 21.7 Å². The Balaban J connectivity index is 2.32. The molecule has 2 aromatic carbocycles. The van der Waals surface area contributed by atoms with Crippen molar-refractivity contribution in [3.63, 3.8) is 0 Å². The zero-order valence-corrected chi connectivity index (χ0v) is 14.2. The highest BCUT2D eigenvalue weighted by molar-refractivity contribution is 7.89. The second-order valence-electron chi connectivity index (χ2n) is 4.99. The van der Waals surface area contributed by atoms with Gasteiger partial charge < -0.3 is 10.1 Å². The molecule has 0 radical (unpaired) electrons. The third kappa shape index (κ3) is 3.72. The molecule has 0 aromatic heterocycles. The van der Waals surface area contributed by atoms with E-state index in [0.29, 0.717) is 11.3 Å². The molecule has 0 saturated heterocycles. The summed E-state index contributed by atoms with van der Waals surface area (Å²) < 4.78 is 44.9. The first-order chi connectivity index (χ1) is 11.3. The number of benzene rings is 2. The predicted octanol–water partition coefficient (Wildman–Crippen LogP) is 2.30. The first-order valence-electron chi connectivity index (χ1n) is 6.97. The van der Waals surface area contributed by atoms with Crippen LogP contribution >= 0.6 is 0 Å². The first kappa shape index (κ1) is 17.9. The van der Waals surface area contributed by atoms with Crippen LogP contribution in [0.4, 0.5) is 10.1 Å². The summed E-state index contributed by atoms with van der Waals surface area (Å²) in [6.07, 6.45) is 0. The zero-order chi connectivity index (χ0) is 17.9. The van der Waals surface area contributed by atoms with E-state index in [2.05, 4.69) is 10.0 Å². The first-order valence-corrected chi connectivity index (χ1v) is 8.46. The summed E-state index contributed by atoms with van der Waals surface area (Å²) in [5.74, 6) is -1.13. The Labute approximate surface area is 139 Å². The highest BCUT2D eigenvalue weighted by atomic mass is 32.2. The van der Waals surface area contributed by atoms with E-state index in [0.717, 1.165) is 6.07 Å². The lowest BCUT2D eigenvalue weighted by atomic mass is 10.1.